The second-order valence-electron chi connectivity index (χ2n) is 4.47. The topological polar surface area (TPSA) is 101 Å². The minimum Gasteiger partial charge on any atom is -0.481 e. The molecule has 0 aliphatic carbocycles. The highest BCUT2D eigenvalue weighted by Crippen LogP contribution is 2.30. The van der Waals surface area contributed by atoms with Crippen LogP contribution in [0.3, 0.4) is 0 Å². The molecule has 0 unspecified atom stereocenters. The van der Waals surface area contributed by atoms with Crippen LogP contribution < -0.4 is 5.32 Å². The largest absolute Gasteiger partial charge is 0.481 e. The van der Waals surface area contributed by atoms with Crippen LogP contribution in [0.2, 0.25) is 0 Å². The molecule has 0 aromatic carbocycles. The molecule has 7 nitrogen and oxygen atoms in total. The van der Waals surface area contributed by atoms with E-state index in [0.717, 1.165) is 0 Å². The molecule has 1 aliphatic rings. The molecule has 1 aliphatic heterocycles. The summed E-state index contributed by atoms with van der Waals surface area (Å²) in [5, 5.41) is 12.0. The maximum atomic E-state index is 11.8. The van der Waals surface area contributed by atoms with Crippen molar-refractivity contribution in [3.05, 3.63) is 24.3 Å². The second-order valence-corrected chi connectivity index (χ2v) is 4.47. The summed E-state index contributed by atoms with van der Waals surface area (Å²) in [6.07, 6.45) is 5.00. The maximum absolute atomic E-state index is 11.8. The summed E-state index contributed by atoms with van der Waals surface area (Å²) in [5.41, 5.74) is -0.772. The number of aromatic nitrogens is 2. The Kier molecular flexibility index (Phi) is 4.06. The first-order chi connectivity index (χ1) is 9.14. The monoisotopic (exact) mass is 265 g/mol. The predicted molar refractivity (Wildman–Crippen MR) is 64.5 cm³/mol. The highest BCUT2D eigenvalue weighted by molar-refractivity contribution is 5.92. The number of nitrogens with one attached hydrogen (secondary N) is 1. The van der Waals surface area contributed by atoms with Gasteiger partial charge in [-0.3, -0.25) is 14.6 Å². The van der Waals surface area contributed by atoms with Gasteiger partial charge in [-0.25, -0.2) is 4.98 Å². The van der Waals surface area contributed by atoms with E-state index in [9.17, 15) is 14.7 Å². The number of carbonyl (C=O) groups is 2. The van der Waals surface area contributed by atoms with E-state index in [2.05, 4.69) is 15.3 Å². The first-order valence-corrected chi connectivity index (χ1v) is 5.99. The third kappa shape index (κ3) is 3.05. The van der Waals surface area contributed by atoms with E-state index in [-0.39, 0.29) is 12.2 Å². The highest BCUT2D eigenvalue weighted by Gasteiger charge is 2.40. The van der Waals surface area contributed by atoms with Gasteiger partial charge in [0.05, 0.1) is 11.6 Å². The number of nitrogens with zero attached hydrogens (tertiary/aromatic N) is 2. The number of ether oxygens (including phenoxy) is 1. The van der Waals surface area contributed by atoms with Crippen molar-refractivity contribution in [2.75, 3.05) is 19.8 Å². The van der Waals surface area contributed by atoms with E-state index < -0.39 is 17.3 Å². The van der Waals surface area contributed by atoms with Crippen LogP contribution in [0.25, 0.3) is 0 Å². The molecule has 0 spiro atoms. The van der Waals surface area contributed by atoms with Crippen LogP contribution in [0.15, 0.2) is 18.6 Å². The maximum Gasteiger partial charge on any atom is 0.311 e. The van der Waals surface area contributed by atoms with Gasteiger partial charge in [-0.1, -0.05) is 0 Å². The summed E-state index contributed by atoms with van der Waals surface area (Å²) in [7, 11) is 0. The molecule has 102 valence electrons. The average Bonchev–Trinajstić information content (AvgIpc) is 2.46. The zero-order valence-corrected chi connectivity index (χ0v) is 10.3. The Labute approximate surface area is 110 Å². The summed E-state index contributed by atoms with van der Waals surface area (Å²) in [4.78, 5) is 30.9. The first kappa shape index (κ1) is 13.4. The fourth-order valence-electron chi connectivity index (χ4n) is 1.98. The third-order valence-electron chi connectivity index (χ3n) is 3.29. The number of aliphatic carboxylic acids is 1. The Balaban J connectivity index is 2.00. The van der Waals surface area contributed by atoms with Crippen molar-refractivity contribution in [3.63, 3.8) is 0 Å². The lowest BCUT2D eigenvalue weighted by Crippen LogP contribution is -2.46. The molecule has 1 amide bonds. The van der Waals surface area contributed by atoms with Crippen molar-refractivity contribution in [1.82, 2.24) is 15.3 Å². The van der Waals surface area contributed by atoms with Crippen LogP contribution in [0.5, 0.6) is 0 Å². The second kappa shape index (κ2) is 5.75. The van der Waals surface area contributed by atoms with Gasteiger partial charge in [-0.2, -0.15) is 0 Å². The molecule has 2 rings (SSSR count). The highest BCUT2D eigenvalue weighted by atomic mass is 16.5. The Hall–Kier alpha value is -2.02. The number of hydrogen-bond acceptors (Lipinski definition) is 5. The number of carboxylic acids is 1. The molecule has 7 heteroatoms. The smallest absolute Gasteiger partial charge is 0.311 e. The molecule has 0 bridgehead atoms. The number of carboxylic acid groups (broad SMARTS) is 1. The fourth-order valence-corrected chi connectivity index (χ4v) is 1.98. The molecule has 0 atom stereocenters. The normalized spacial score (nSPS) is 17.7. The Bertz CT molecular complexity index is 457. The molecule has 2 N–H and O–H groups in total. The zero-order valence-electron chi connectivity index (χ0n) is 10.3. The number of rotatable bonds is 4. The SMILES string of the molecule is O=C(NCC1(C(=O)O)CCOCC1)c1cnccn1. The standard InChI is InChI=1S/C12H15N3O4/c16-10(9-7-13-3-4-14-9)15-8-12(11(17)18)1-5-19-6-2-12/h3-4,7H,1-2,5-6,8H2,(H,15,16)(H,17,18). The summed E-state index contributed by atoms with van der Waals surface area (Å²) in [5.74, 6) is -1.32. The molecule has 0 saturated carbocycles. The molecule has 1 saturated heterocycles. The van der Waals surface area contributed by atoms with Gasteiger partial charge in [0, 0.05) is 32.2 Å². The van der Waals surface area contributed by atoms with Crippen molar-refractivity contribution in [3.8, 4) is 0 Å². The van der Waals surface area contributed by atoms with Crippen LogP contribution in [0.4, 0.5) is 0 Å². The lowest BCUT2D eigenvalue weighted by molar-refractivity contribution is -0.154. The lowest BCUT2D eigenvalue weighted by atomic mass is 9.80. The van der Waals surface area contributed by atoms with Crippen LogP contribution in [0.1, 0.15) is 23.3 Å². The number of amides is 1. The molecule has 0 radical (unpaired) electrons. The van der Waals surface area contributed by atoms with Crippen LogP contribution in [-0.2, 0) is 9.53 Å². The van der Waals surface area contributed by atoms with Gasteiger partial charge in [-0.05, 0) is 12.8 Å². The lowest BCUT2D eigenvalue weighted by Gasteiger charge is -2.33. The van der Waals surface area contributed by atoms with Crippen LogP contribution >= 0.6 is 0 Å². The van der Waals surface area contributed by atoms with Crippen LogP contribution in [0, 0.1) is 5.41 Å². The zero-order chi connectivity index (χ0) is 13.7. The molecule has 1 fully saturated rings. The number of carbonyl (C=O) groups excluding carboxylic acids is 1. The Morgan fingerprint density at radius 2 is 2.11 bits per heavy atom. The third-order valence-corrected chi connectivity index (χ3v) is 3.29. The van der Waals surface area contributed by atoms with E-state index in [1.807, 2.05) is 0 Å². The van der Waals surface area contributed by atoms with Gasteiger partial charge >= 0.3 is 5.97 Å². The molecule has 19 heavy (non-hydrogen) atoms. The first-order valence-electron chi connectivity index (χ1n) is 5.99. The minimum atomic E-state index is -0.948. The van der Waals surface area contributed by atoms with Crippen molar-refractivity contribution < 1.29 is 19.4 Å². The van der Waals surface area contributed by atoms with E-state index >= 15 is 0 Å². The molecule has 1 aromatic heterocycles. The van der Waals surface area contributed by atoms with Gasteiger partial charge in [0.15, 0.2) is 0 Å². The van der Waals surface area contributed by atoms with E-state index in [1.54, 1.807) is 0 Å². The van der Waals surface area contributed by atoms with Crippen molar-refractivity contribution in [2.45, 2.75) is 12.8 Å². The summed E-state index contributed by atoms with van der Waals surface area (Å²) in [6, 6.07) is 0. The Morgan fingerprint density at radius 1 is 1.37 bits per heavy atom. The molecular formula is C12H15N3O4. The van der Waals surface area contributed by atoms with Crippen molar-refractivity contribution >= 4 is 11.9 Å². The summed E-state index contributed by atoms with van der Waals surface area (Å²) >= 11 is 0. The van der Waals surface area contributed by atoms with E-state index in [4.69, 9.17) is 4.74 Å². The van der Waals surface area contributed by atoms with E-state index in [0.29, 0.717) is 26.1 Å². The van der Waals surface area contributed by atoms with Gasteiger partial charge in [0.2, 0.25) is 0 Å². The van der Waals surface area contributed by atoms with Crippen LogP contribution in [-0.4, -0.2) is 46.7 Å². The van der Waals surface area contributed by atoms with E-state index in [1.165, 1.54) is 18.6 Å². The molecule has 2 heterocycles. The summed E-state index contributed by atoms with van der Waals surface area (Å²) < 4.78 is 5.17. The minimum absolute atomic E-state index is 0.0705. The number of hydrogen-bond donors (Lipinski definition) is 2. The van der Waals surface area contributed by atoms with Gasteiger partial charge in [-0.15, -0.1) is 0 Å². The molecular weight excluding hydrogens is 250 g/mol. The fraction of sp³-hybridized carbons (Fsp3) is 0.500. The van der Waals surface area contributed by atoms with Crippen molar-refractivity contribution in [2.24, 2.45) is 5.41 Å². The molecule has 1 aromatic rings. The Morgan fingerprint density at radius 3 is 2.68 bits per heavy atom. The van der Waals surface area contributed by atoms with Gasteiger partial charge in [0.1, 0.15) is 5.69 Å². The predicted octanol–water partition coefficient (Wildman–Crippen LogP) is 0.0878. The average molecular weight is 265 g/mol. The quantitative estimate of drug-likeness (QED) is 0.800. The van der Waals surface area contributed by atoms with Gasteiger partial charge in [0.25, 0.3) is 5.91 Å². The summed E-state index contributed by atoms with van der Waals surface area (Å²) in [6.45, 7) is 0.863. The van der Waals surface area contributed by atoms with Crippen molar-refractivity contribution in [1.29, 1.82) is 0 Å². The van der Waals surface area contributed by atoms with Gasteiger partial charge < -0.3 is 15.2 Å².